The lowest BCUT2D eigenvalue weighted by Crippen LogP contribution is -2.11. The lowest BCUT2D eigenvalue weighted by Gasteiger charge is -2.05. The SMILES string of the molecule is COc1cccc(/C=N/NC(=S)SCc2ccccc2)c1O. The van der Waals surface area contributed by atoms with Crippen LogP contribution >= 0.6 is 24.0 Å². The number of thioether (sulfide) groups is 1. The maximum absolute atomic E-state index is 9.92. The first kappa shape index (κ1) is 16.3. The van der Waals surface area contributed by atoms with Gasteiger partial charge >= 0.3 is 0 Å². The summed E-state index contributed by atoms with van der Waals surface area (Å²) in [7, 11) is 1.50. The third-order valence-electron chi connectivity index (χ3n) is 2.82. The van der Waals surface area contributed by atoms with Crippen LogP contribution in [0.1, 0.15) is 11.1 Å². The topological polar surface area (TPSA) is 53.8 Å². The lowest BCUT2D eigenvalue weighted by molar-refractivity contribution is 0.373. The minimum Gasteiger partial charge on any atom is -0.504 e. The standard InChI is InChI=1S/C16H16N2O2S2/c1-20-14-9-5-8-13(15(14)19)10-17-18-16(21)22-11-12-6-3-2-4-7-12/h2-10,19H,11H2,1H3,(H,18,21)/b17-10+. The Labute approximate surface area is 139 Å². The summed E-state index contributed by atoms with van der Waals surface area (Å²) >= 11 is 6.70. The molecular weight excluding hydrogens is 316 g/mol. The second-order valence-electron chi connectivity index (χ2n) is 4.33. The third kappa shape index (κ3) is 4.75. The van der Waals surface area contributed by atoms with Gasteiger partial charge in [0.2, 0.25) is 0 Å². The van der Waals surface area contributed by atoms with Crippen molar-refractivity contribution in [1.29, 1.82) is 0 Å². The number of methoxy groups -OCH3 is 1. The fraction of sp³-hybridized carbons (Fsp3) is 0.125. The fourth-order valence-corrected chi connectivity index (χ4v) is 2.56. The Bertz CT molecular complexity index is 660. The number of nitrogens with one attached hydrogen (secondary N) is 1. The number of ether oxygens (including phenoxy) is 1. The molecule has 0 amide bonds. The molecule has 0 bridgehead atoms. The van der Waals surface area contributed by atoms with Crippen LogP contribution in [-0.2, 0) is 5.75 Å². The number of hydrogen-bond donors (Lipinski definition) is 2. The van der Waals surface area contributed by atoms with Gasteiger partial charge in [-0.25, -0.2) is 0 Å². The average Bonchev–Trinajstić information content (AvgIpc) is 2.55. The molecule has 0 fully saturated rings. The van der Waals surface area contributed by atoms with Crippen molar-refractivity contribution in [2.24, 2.45) is 5.10 Å². The molecule has 0 radical (unpaired) electrons. The van der Waals surface area contributed by atoms with E-state index in [0.29, 0.717) is 15.6 Å². The maximum Gasteiger partial charge on any atom is 0.166 e. The molecule has 0 spiro atoms. The molecule has 2 N–H and O–H groups in total. The lowest BCUT2D eigenvalue weighted by atomic mass is 10.2. The number of phenols is 1. The Morgan fingerprint density at radius 1 is 1.27 bits per heavy atom. The molecule has 2 rings (SSSR count). The van der Waals surface area contributed by atoms with Crippen LogP contribution in [0.15, 0.2) is 53.6 Å². The predicted octanol–water partition coefficient (Wildman–Crippen LogP) is 3.54. The van der Waals surface area contributed by atoms with E-state index < -0.39 is 0 Å². The number of benzene rings is 2. The first-order chi connectivity index (χ1) is 10.7. The fourth-order valence-electron chi connectivity index (χ4n) is 1.72. The van der Waals surface area contributed by atoms with Crippen molar-refractivity contribution in [2.45, 2.75) is 5.75 Å². The van der Waals surface area contributed by atoms with Crippen molar-refractivity contribution in [2.75, 3.05) is 7.11 Å². The van der Waals surface area contributed by atoms with Gasteiger partial charge < -0.3 is 9.84 Å². The number of nitrogens with zero attached hydrogens (tertiary/aromatic N) is 1. The van der Waals surface area contributed by atoms with E-state index in [1.54, 1.807) is 18.2 Å². The summed E-state index contributed by atoms with van der Waals surface area (Å²) in [6.45, 7) is 0. The zero-order chi connectivity index (χ0) is 15.8. The molecular formula is C16H16N2O2S2. The maximum atomic E-state index is 9.92. The summed E-state index contributed by atoms with van der Waals surface area (Å²) in [5.74, 6) is 1.25. The Morgan fingerprint density at radius 2 is 2.05 bits per heavy atom. The molecule has 4 nitrogen and oxygen atoms in total. The monoisotopic (exact) mass is 332 g/mol. The zero-order valence-corrected chi connectivity index (χ0v) is 13.7. The molecule has 0 unspecified atom stereocenters. The van der Waals surface area contributed by atoms with Gasteiger partial charge in [-0.2, -0.15) is 5.10 Å². The van der Waals surface area contributed by atoms with Crippen molar-refractivity contribution in [1.82, 2.24) is 5.43 Å². The van der Waals surface area contributed by atoms with Crippen molar-refractivity contribution in [3.8, 4) is 11.5 Å². The second-order valence-corrected chi connectivity index (χ2v) is 5.98. The average molecular weight is 332 g/mol. The zero-order valence-electron chi connectivity index (χ0n) is 12.0. The van der Waals surface area contributed by atoms with Gasteiger partial charge in [-0.15, -0.1) is 0 Å². The highest BCUT2D eigenvalue weighted by Gasteiger charge is 2.04. The van der Waals surface area contributed by atoms with E-state index in [4.69, 9.17) is 17.0 Å². The van der Waals surface area contributed by atoms with E-state index in [9.17, 15) is 5.11 Å². The van der Waals surface area contributed by atoms with Gasteiger partial charge in [0.25, 0.3) is 0 Å². The van der Waals surface area contributed by atoms with E-state index in [2.05, 4.69) is 10.5 Å². The minimum absolute atomic E-state index is 0.0541. The summed E-state index contributed by atoms with van der Waals surface area (Å²) < 4.78 is 5.61. The molecule has 0 aliphatic heterocycles. The van der Waals surface area contributed by atoms with Gasteiger partial charge in [0.15, 0.2) is 15.8 Å². The summed E-state index contributed by atoms with van der Waals surface area (Å²) in [5, 5.41) is 14.0. The quantitative estimate of drug-likeness (QED) is 0.498. The predicted molar refractivity (Wildman–Crippen MR) is 95.7 cm³/mol. The van der Waals surface area contributed by atoms with Gasteiger partial charge in [-0.05, 0) is 17.7 Å². The Balaban J connectivity index is 1.86. The molecule has 2 aromatic rings. The van der Waals surface area contributed by atoms with Crippen LogP contribution in [0.3, 0.4) is 0 Å². The minimum atomic E-state index is 0.0541. The van der Waals surface area contributed by atoms with Crippen molar-refractivity contribution < 1.29 is 9.84 Å². The van der Waals surface area contributed by atoms with Gasteiger partial charge in [-0.3, -0.25) is 5.43 Å². The van der Waals surface area contributed by atoms with Crippen molar-refractivity contribution >= 4 is 34.5 Å². The summed E-state index contributed by atoms with van der Waals surface area (Å²) in [4.78, 5) is 0. The Hall–Kier alpha value is -2.05. The first-order valence-corrected chi connectivity index (χ1v) is 7.96. The van der Waals surface area contributed by atoms with Crippen LogP contribution in [0.2, 0.25) is 0 Å². The third-order valence-corrected chi connectivity index (χ3v) is 4.10. The van der Waals surface area contributed by atoms with Crippen LogP contribution in [0.5, 0.6) is 11.5 Å². The van der Waals surface area contributed by atoms with Crippen molar-refractivity contribution in [3.05, 3.63) is 59.7 Å². The molecule has 6 heteroatoms. The van der Waals surface area contributed by atoms with Crippen LogP contribution in [0.4, 0.5) is 0 Å². The van der Waals surface area contributed by atoms with Crippen LogP contribution in [0, 0.1) is 0 Å². The number of thiocarbonyl (C=S) groups is 1. The van der Waals surface area contributed by atoms with Crippen molar-refractivity contribution in [3.63, 3.8) is 0 Å². The highest BCUT2D eigenvalue weighted by molar-refractivity contribution is 8.22. The van der Waals surface area contributed by atoms with Gasteiger partial charge in [0.05, 0.1) is 13.3 Å². The van der Waals surface area contributed by atoms with Gasteiger partial charge in [0.1, 0.15) is 0 Å². The number of para-hydroxylation sites is 1. The van der Waals surface area contributed by atoms with Crippen LogP contribution in [0.25, 0.3) is 0 Å². The van der Waals surface area contributed by atoms with Crippen LogP contribution in [-0.4, -0.2) is 22.8 Å². The molecule has 0 atom stereocenters. The Kier molecular flexibility index (Phi) is 6.24. The van der Waals surface area contributed by atoms with E-state index in [1.807, 2.05) is 30.3 Å². The number of phenolic OH excluding ortho intramolecular Hbond substituents is 1. The second kappa shape index (κ2) is 8.41. The van der Waals surface area contributed by atoms with E-state index in [-0.39, 0.29) is 5.75 Å². The molecule has 0 heterocycles. The summed E-state index contributed by atoms with van der Waals surface area (Å²) in [6, 6.07) is 15.3. The molecule has 114 valence electrons. The number of rotatable bonds is 5. The summed E-state index contributed by atoms with van der Waals surface area (Å²) in [5.41, 5.74) is 4.54. The van der Waals surface area contributed by atoms with E-state index in [0.717, 1.165) is 5.75 Å². The molecule has 0 saturated carbocycles. The van der Waals surface area contributed by atoms with Crippen LogP contribution < -0.4 is 10.2 Å². The van der Waals surface area contributed by atoms with Gasteiger partial charge in [0, 0.05) is 11.3 Å². The molecule has 0 aromatic heterocycles. The Morgan fingerprint density at radius 3 is 2.77 bits per heavy atom. The molecule has 0 aliphatic carbocycles. The first-order valence-electron chi connectivity index (χ1n) is 6.56. The highest BCUT2D eigenvalue weighted by Crippen LogP contribution is 2.27. The summed E-state index contributed by atoms with van der Waals surface area (Å²) in [6.07, 6.45) is 1.51. The van der Waals surface area contributed by atoms with E-state index >= 15 is 0 Å². The number of aromatic hydroxyl groups is 1. The molecule has 2 aromatic carbocycles. The molecule has 0 aliphatic rings. The largest absolute Gasteiger partial charge is 0.504 e. The smallest absolute Gasteiger partial charge is 0.166 e. The number of hydrazone groups is 1. The highest BCUT2D eigenvalue weighted by atomic mass is 32.2. The normalized spacial score (nSPS) is 10.6. The van der Waals surface area contributed by atoms with E-state index in [1.165, 1.54) is 30.6 Å². The van der Waals surface area contributed by atoms with Gasteiger partial charge in [-0.1, -0.05) is 60.4 Å². The molecule has 0 saturated heterocycles. The number of hydrogen-bond acceptors (Lipinski definition) is 5. The molecule has 22 heavy (non-hydrogen) atoms.